The van der Waals surface area contributed by atoms with Crippen LogP contribution in [0.3, 0.4) is 0 Å². The third-order valence-electron chi connectivity index (χ3n) is 4.89. The number of ether oxygens (including phenoxy) is 3. The summed E-state index contributed by atoms with van der Waals surface area (Å²) in [4.78, 5) is 17.0. The van der Waals surface area contributed by atoms with Gasteiger partial charge in [0.05, 0.1) is 19.9 Å². The van der Waals surface area contributed by atoms with Crippen LogP contribution in [-0.4, -0.2) is 36.8 Å². The normalized spacial score (nSPS) is 17.6. The molecule has 3 rings (SSSR count). The first-order chi connectivity index (χ1) is 12.8. The fraction of sp³-hybridized carbons (Fsp3) is 0.476. The number of hydrogen-bond donors (Lipinski definition) is 1. The minimum atomic E-state index is -0.117. The van der Waals surface area contributed by atoms with Crippen LogP contribution in [0.1, 0.15) is 32.0 Å². The largest absolute Gasteiger partial charge is 0.497 e. The van der Waals surface area contributed by atoms with Crippen LogP contribution < -0.4 is 19.8 Å². The molecular weight excluding hydrogens is 344 g/mol. The smallest absolute Gasteiger partial charge is 0.248 e. The molecular formula is C21H28N2O4. The van der Waals surface area contributed by atoms with Gasteiger partial charge < -0.3 is 19.2 Å². The average Bonchev–Trinajstić information content (AvgIpc) is 2.80. The van der Waals surface area contributed by atoms with Crippen molar-refractivity contribution in [2.75, 3.05) is 20.8 Å². The highest BCUT2D eigenvalue weighted by Gasteiger charge is 2.32. The third kappa shape index (κ3) is 4.45. The van der Waals surface area contributed by atoms with Crippen LogP contribution in [0.25, 0.3) is 0 Å². The maximum atomic E-state index is 11.8. The molecule has 0 amide bonds. The summed E-state index contributed by atoms with van der Waals surface area (Å²) in [7, 11) is 3.30. The van der Waals surface area contributed by atoms with E-state index in [1.165, 1.54) is 6.07 Å². The van der Waals surface area contributed by atoms with Crippen molar-refractivity contribution in [2.45, 2.75) is 40.0 Å². The van der Waals surface area contributed by atoms with E-state index < -0.39 is 0 Å². The molecule has 146 valence electrons. The minimum absolute atomic E-state index is 0.00565. The lowest BCUT2D eigenvalue weighted by molar-refractivity contribution is 0.0553. The van der Waals surface area contributed by atoms with Crippen molar-refractivity contribution in [3.05, 3.63) is 51.9 Å². The molecule has 1 aliphatic rings. The fourth-order valence-electron chi connectivity index (χ4n) is 3.24. The summed E-state index contributed by atoms with van der Waals surface area (Å²) >= 11 is 0. The van der Waals surface area contributed by atoms with Crippen LogP contribution in [0, 0.1) is 5.41 Å². The maximum absolute atomic E-state index is 11.8. The molecule has 2 aromatic rings. The number of aromatic amines is 1. The van der Waals surface area contributed by atoms with Gasteiger partial charge in [0.2, 0.25) is 5.56 Å². The van der Waals surface area contributed by atoms with Gasteiger partial charge in [0.15, 0.2) is 0 Å². The van der Waals surface area contributed by atoms with E-state index in [1.807, 2.05) is 18.2 Å². The van der Waals surface area contributed by atoms with E-state index in [4.69, 9.17) is 14.2 Å². The number of hydrogen-bond acceptors (Lipinski definition) is 5. The molecule has 1 N–H and O–H groups in total. The van der Waals surface area contributed by atoms with Crippen LogP contribution in [0.4, 0.5) is 0 Å². The lowest BCUT2D eigenvalue weighted by atomic mass is 9.88. The van der Waals surface area contributed by atoms with E-state index >= 15 is 0 Å². The molecule has 2 heterocycles. The standard InChI is InChI=1S/C21H28N2O4/c1-21(2,3)19-13-23(12-16-17(27-19)8-9-20(24)22-16)11-14-6-7-15(25-4)10-18(14)26-5/h6-10,19H,11-13H2,1-5H3,(H,22,24)/t19-/m0/s1. The van der Waals surface area contributed by atoms with Crippen LogP contribution in [0.5, 0.6) is 17.2 Å². The van der Waals surface area contributed by atoms with Gasteiger partial charge in [-0.15, -0.1) is 0 Å². The Morgan fingerprint density at radius 3 is 2.63 bits per heavy atom. The molecule has 0 unspecified atom stereocenters. The maximum Gasteiger partial charge on any atom is 0.248 e. The van der Waals surface area contributed by atoms with E-state index in [2.05, 4.69) is 30.7 Å². The van der Waals surface area contributed by atoms with Crippen LogP contribution >= 0.6 is 0 Å². The Labute approximate surface area is 160 Å². The molecule has 0 aliphatic carbocycles. The van der Waals surface area contributed by atoms with Crippen LogP contribution in [0.2, 0.25) is 0 Å². The highest BCUT2D eigenvalue weighted by atomic mass is 16.5. The predicted molar refractivity (Wildman–Crippen MR) is 105 cm³/mol. The van der Waals surface area contributed by atoms with Gasteiger partial charge in [-0.2, -0.15) is 0 Å². The molecule has 0 spiro atoms. The van der Waals surface area contributed by atoms with Gasteiger partial charge in [0.25, 0.3) is 0 Å². The number of pyridine rings is 1. The highest BCUT2D eigenvalue weighted by Crippen LogP contribution is 2.32. The van der Waals surface area contributed by atoms with Gasteiger partial charge in [-0.1, -0.05) is 26.8 Å². The van der Waals surface area contributed by atoms with Crippen molar-refractivity contribution in [1.29, 1.82) is 0 Å². The summed E-state index contributed by atoms with van der Waals surface area (Å²) in [5, 5.41) is 0. The van der Waals surface area contributed by atoms with Gasteiger partial charge in [0.1, 0.15) is 23.4 Å². The summed E-state index contributed by atoms with van der Waals surface area (Å²) in [5.74, 6) is 2.30. The summed E-state index contributed by atoms with van der Waals surface area (Å²) in [6, 6.07) is 9.12. The lowest BCUT2D eigenvalue weighted by Gasteiger charge is -2.33. The molecule has 0 fully saturated rings. The molecule has 27 heavy (non-hydrogen) atoms. The first-order valence-electron chi connectivity index (χ1n) is 9.12. The molecule has 6 nitrogen and oxygen atoms in total. The Morgan fingerprint density at radius 2 is 1.96 bits per heavy atom. The highest BCUT2D eigenvalue weighted by molar-refractivity contribution is 5.41. The SMILES string of the molecule is COc1ccc(CN2Cc3[nH]c(=O)ccc3O[C@H](C(C)(C)C)C2)c(OC)c1. The third-order valence-corrected chi connectivity index (χ3v) is 4.89. The number of nitrogens with one attached hydrogen (secondary N) is 1. The van der Waals surface area contributed by atoms with Gasteiger partial charge in [0, 0.05) is 42.7 Å². The number of H-pyrrole nitrogens is 1. The van der Waals surface area contributed by atoms with Crippen LogP contribution in [-0.2, 0) is 13.1 Å². The Balaban J connectivity index is 1.93. The Morgan fingerprint density at radius 1 is 1.19 bits per heavy atom. The number of nitrogens with zero attached hydrogens (tertiary/aromatic N) is 1. The molecule has 0 saturated carbocycles. The molecule has 1 atom stereocenters. The zero-order valence-electron chi connectivity index (χ0n) is 16.7. The van der Waals surface area contributed by atoms with Crippen molar-refractivity contribution in [2.24, 2.45) is 5.41 Å². The number of aromatic nitrogens is 1. The molecule has 1 aromatic heterocycles. The van der Waals surface area contributed by atoms with Gasteiger partial charge in [-0.25, -0.2) is 0 Å². The first kappa shape index (κ1) is 19.3. The molecule has 0 saturated heterocycles. The number of fused-ring (bicyclic) bond motifs is 1. The van der Waals surface area contributed by atoms with E-state index in [0.29, 0.717) is 13.1 Å². The summed E-state index contributed by atoms with van der Waals surface area (Å²) in [6.07, 6.45) is -0.00565. The van der Waals surface area contributed by atoms with E-state index in [9.17, 15) is 4.79 Å². The van der Waals surface area contributed by atoms with Gasteiger partial charge >= 0.3 is 0 Å². The summed E-state index contributed by atoms with van der Waals surface area (Å²) < 4.78 is 17.1. The van der Waals surface area contributed by atoms with Crippen molar-refractivity contribution < 1.29 is 14.2 Å². The van der Waals surface area contributed by atoms with Gasteiger partial charge in [-0.3, -0.25) is 9.69 Å². The molecule has 6 heteroatoms. The molecule has 1 aromatic carbocycles. The topological polar surface area (TPSA) is 63.8 Å². The predicted octanol–water partition coefficient (Wildman–Crippen LogP) is 3.20. The van der Waals surface area contributed by atoms with E-state index in [0.717, 1.165) is 35.1 Å². The Bertz CT molecular complexity index is 854. The van der Waals surface area contributed by atoms with E-state index in [1.54, 1.807) is 20.3 Å². The second-order valence-corrected chi connectivity index (χ2v) is 7.99. The number of benzene rings is 1. The van der Waals surface area contributed by atoms with Crippen LogP contribution in [0.15, 0.2) is 35.1 Å². The second-order valence-electron chi connectivity index (χ2n) is 7.99. The Hall–Kier alpha value is -2.47. The second kappa shape index (κ2) is 7.64. The minimum Gasteiger partial charge on any atom is -0.497 e. The quantitative estimate of drug-likeness (QED) is 0.893. The van der Waals surface area contributed by atoms with Crippen molar-refractivity contribution in [3.63, 3.8) is 0 Å². The van der Waals surface area contributed by atoms with Crippen molar-refractivity contribution in [1.82, 2.24) is 9.88 Å². The van der Waals surface area contributed by atoms with Gasteiger partial charge in [-0.05, 0) is 12.1 Å². The first-order valence-corrected chi connectivity index (χ1v) is 9.12. The zero-order valence-corrected chi connectivity index (χ0v) is 16.7. The number of rotatable bonds is 4. The molecule has 1 aliphatic heterocycles. The Kier molecular flexibility index (Phi) is 5.46. The van der Waals surface area contributed by atoms with Crippen molar-refractivity contribution >= 4 is 0 Å². The van der Waals surface area contributed by atoms with E-state index in [-0.39, 0.29) is 17.1 Å². The average molecular weight is 372 g/mol. The lowest BCUT2D eigenvalue weighted by Crippen LogP contribution is -2.41. The van der Waals surface area contributed by atoms with Crippen molar-refractivity contribution in [3.8, 4) is 17.2 Å². The zero-order chi connectivity index (χ0) is 19.6. The number of methoxy groups -OCH3 is 2. The molecule has 0 radical (unpaired) electrons. The monoisotopic (exact) mass is 372 g/mol. The summed E-state index contributed by atoms with van der Waals surface area (Å²) in [5.41, 5.74) is 1.71. The molecule has 0 bridgehead atoms. The summed E-state index contributed by atoms with van der Waals surface area (Å²) in [6.45, 7) is 8.53. The fourth-order valence-corrected chi connectivity index (χ4v) is 3.24.